The number of carbonyl (C=O) groups is 2. The Morgan fingerprint density at radius 3 is 2.68 bits per heavy atom. The second-order valence-corrected chi connectivity index (χ2v) is 12.5. The first-order valence-corrected chi connectivity index (χ1v) is 15.9. The maximum Gasteiger partial charge on any atom is 0.261 e. The minimum absolute atomic E-state index is 0.0533. The van der Waals surface area contributed by atoms with Crippen molar-refractivity contribution in [3.8, 4) is 11.1 Å². The molecule has 1 aliphatic rings. The predicted molar refractivity (Wildman–Crippen MR) is 175 cm³/mol. The molecule has 0 radical (unpaired) electrons. The van der Waals surface area contributed by atoms with Gasteiger partial charge >= 0.3 is 0 Å². The number of amides is 2. The summed E-state index contributed by atoms with van der Waals surface area (Å²) in [6.07, 6.45) is 3.84. The first-order chi connectivity index (χ1) is 21.1. The Labute approximate surface area is 269 Å². The molecule has 0 unspecified atom stereocenters. The molecular weight excluding hydrogens is 646 g/mol. The zero-order valence-corrected chi connectivity index (χ0v) is 26.8. The first-order valence-electron chi connectivity index (χ1n) is 14.7. The lowest BCUT2D eigenvalue weighted by Crippen LogP contribution is -2.49. The third kappa shape index (κ3) is 7.21. The van der Waals surface area contributed by atoms with Crippen molar-refractivity contribution in [2.24, 2.45) is 5.73 Å². The third-order valence-corrected chi connectivity index (χ3v) is 9.18. The summed E-state index contributed by atoms with van der Waals surface area (Å²) in [7, 11) is 0. The normalized spacial score (nSPS) is 13.9. The standard InChI is InChI=1S/C33H35BrClN5O4/c1-20(41)30(36)33(44)39(18-21-7-6-8-22(13-21)23-9-10-25-24(14-23)17-37-31(25)42)11-4-2-3-5-12-40-19-38-29-16-27(34)28(35)15-26(29)32(40)43/h6-10,13-16,19-20,30,41H,2-5,11-12,17-18,36H2,1H3,(H,37,42)/t20-,30+/m1/s1. The molecule has 4 aromatic rings. The Bertz CT molecular complexity index is 1760. The fraction of sp³-hybridized carbons (Fsp3) is 0.333. The molecule has 0 fully saturated rings. The molecule has 0 bridgehead atoms. The average Bonchev–Trinajstić information content (AvgIpc) is 3.39. The SMILES string of the molecule is C[C@@H](O)[C@H](N)C(=O)N(CCCCCCn1cnc2cc(Br)c(Cl)cc2c1=O)Cc1cccc(-c2ccc3c(c2)CNC3=O)c1. The number of hydrogen-bond acceptors (Lipinski definition) is 6. The van der Waals surface area contributed by atoms with E-state index < -0.39 is 12.1 Å². The number of nitrogens with zero attached hydrogens (tertiary/aromatic N) is 3. The van der Waals surface area contributed by atoms with Gasteiger partial charge in [0, 0.05) is 36.2 Å². The van der Waals surface area contributed by atoms with E-state index in [0.717, 1.165) is 47.9 Å². The summed E-state index contributed by atoms with van der Waals surface area (Å²) >= 11 is 9.55. The molecule has 2 amide bonds. The zero-order chi connectivity index (χ0) is 31.4. The first kappa shape index (κ1) is 31.8. The average molecular weight is 681 g/mol. The summed E-state index contributed by atoms with van der Waals surface area (Å²) in [6, 6.07) is 16.1. The van der Waals surface area contributed by atoms with Crippen LogP contribution in [0.4, 0.5) is 0 Å². The molecule has 11 heteroatoms. The number of aliphatic hydroxyl groups is 1. The number of rotatable bonds is 12. The van der Waals surface area contributed by atoms with Gasteiger partial charge in [0.05, 0.1) is 28.4 Å². The summed E-state index contributed by atoms with van der Waals surface area (Å²) in [4.78, 5) is 44.2. The molecule has 4 N–H and O–H groups in total. The van der Waals surface area contributed by atoms with Crippen LogP contribution in [0, 0.1) is 0 Å². The minimum atomic E-state index is -1.01. The van der Waals surface area contributed by atoms with Crippen LogP contribution in [0.3, 0.4) is 0 Å². The van der Waals surface area contributed by atoms with Crippen LogP contribution in [0.1, 0.15) is 54.1 Å². The van der Waals surface area contributed by atoms with Crippen molar-refractivity contribution in [1.29, 1.82) is 0 Å². The van der Waals surface area contributed by atoms with Crippen molar-refractivity contribution in [3.05, 3.63) is 97.5 Å². The van der Waals surface area contributed by atoms with E-state index in [2.05, 4.69) is 26.2 Å². The van der Waals surface area contributed by atoms with E-state index in [0.29, 0.717) is 52.1 Å². The Kier molecular flexibility index (Phi) is 10.2. The van der Waals surface area contributed by atoms with E-state index in [1.165, 1.54) is 6.92 Å². The molecule has 1 aromatic heterocycles. The number of fused-ring (bicyclic) bond motifs is 2. The number of unbranched alkanes of at least 4 members (excludes halogenated alkanes) is 3. The number of nitrogens with one attached hydrogen (secondary N) is 1. The van der Waals surface area contributed by atoms with Crippen molar-refractivity contribution in [2.45, 2.75) is 64.4 Å². The highest BCUT2D eigenvalue weighted by Crippen LogP contribution is 2.27. The molecule has 2 heterocycles. The van der Waals surface area contributed by atoms with Crippen molar-refractivity contribution < 1.29 is 14.7 Å². The van der Waals surface area contributed by atoms with E-state index in [-0.39, 0.29) is 17.4 Å². The highest BCUT2D eigenvalue weighted by Gasteiger charge is 2.25. The summed E-state index contributed by atoms with van der Waals surface area (Å²) in [5, 5.41) is 13.8. The van der Waals surface area contributed by atoms with Crippen LogP contribution in [0.5, 0.6) is 0 Å². The van der Waals surface area contributed by atoms with Crippen LogP contribution < -0.4 is 16.6 Å². The van der Waals surface area contributed by atoms with Gasteiger partial charge in [-0.1, -0.05) is 48.7 Å². The molecule has 3 aromatic carbocycles. The minimum Gasteiger partial charge on any atom is -0.391 e. The highest BCUT2D eigenvalue weighted by molar-refractivity contribution is 9.10. The van der Waals surface area contributed by atoms with Crippen LogP contribution in [-0.4, -0.2) is 50.1 Å². The van der Waals surface area contributed by atoms with Gasteiger partial charge in [-0.15, -0.1) is 0 Å². The van der Waals surface area contributed by atoms with Gasteiger partial charge in [0.2, 0.25) is 5.91 Å². The number of aromatic nitrogens is 2. The summed E-state index contributed by atoms with van der Waals surface area (Å²) in [5.74, 6) is -0.353. The fourth-order valence-corrected chi connectivity index (χ4v) is 5.91. The smallest absolute Gasteiger partial charge is 0.261 e. The highest BCUT2D eigenvalue weighted by atomic mass is 79.9. The van der Waals surface area contributed by atoms with Crippen LogP contribution >= 0.6 is 27.5 Å². The maximum absolute atomic E-state index is 13.2. The molecule has 2 atom stereocenters. The second-order valence-electron chi connectivity index (χ2n) is 11.2. The molecule has 0 saturated carbocycles. The van der Waals surface area contributed by atoms with Gasteiger partial charge in [0.15, 0.2) is 0 Å². The van der Waals surface area contributed by atoms with Crippen LogP contribution in [-0.2, 0) is 24.4 Å². The van der Waals surface area contributed by atoms with Crippen molar-refractivity contribution in [3.63, 3.8) is 0 Å². The Morgan fingerprint density at radius 2 is 1.89 bits per heavy atom. The van der Waals surface area contributed by atoms with Gasteiger partial charge in [-0.25, -0.2) is 4.98 Å². The monoisotopic (exact) mass is 679 g/mol. The molecule has 1 aliphatic heterocycles. The topological polar surface area (TPSA) is 131 Å². The van der Waals surface area contributed by atoms with Crippen LogP contribution in [0.2, 0.25) is 5.02 Å². The van der Waals surface area contributed by atoms with Crippen molar-refractivity contribution >= 4 is 50.2 Å². The van der Waals surface area contributed by atoms with Gasteiger partial charge < -0.3 is 21.1 Å². The molecule has 0 saturated heterocycles. The molecule has 9 nitrogen and oxygen atoms in total. The van der Waals surface area contributed by atoms with E-state index in [9.17, 15) is 19.5 Å². The Hall–Kier alpha value is -3.57. The number of aliphatic hydroxyl groups excluding tert-OH is 1. The van der Waals surface area contributed by atoms with Crippen LogP contribution in [0.25, 0.3) is 22.0 Å². The predicted octanol–water partition coefficient (Wildman–Crippen LogP) is 5.02. The summed E-state index contributed by atoms with van der Waals surface area (Å²) in [5.41, 5.74) is 11.1. The number of aryl methyl sites for hydroxylation is 1. The maximum atomic E-state index is 13.2. The number of halogens is 2. The van der Waals surface area contributed by atoms with E-state index in [1.54, 1.807) is 27.9 Å². The fourth-order valence-electron chi connectivity index (χ4n) is 5.42. The number of carbonyl (C=O) groups excluding carboxylic acids is 2. The second kappa shape index (κ2) is 14.0. The van der Waals surface area contributed by atoms with Gasteiger partial charge in [-0.05, 0) is 88.3 Å². The van der Waals surface area contributed by atoms with Gasteiger partial charge in [0.25, 0.3) is 11.5 Å². The molecule has 230 valence electrons. The lowest BCUT2D eigenvalue weighted by atomic mass is 9.98. The Balaban J connectivity index is 1.20. The third-order valence-electron chi connectivity index (χ3n) is 7.98. The largest absolute Gasteiger partial charge is 0.391 e. The summed E-state index contributed by atoms with van der Waals surface area (Å²) < 4.78 is 2.30. The van der Waals surface area contributed by atoms with Gasteiger partial charge in [-0.3, -0.25) is 19.0 Å². The zero-order valence-electron chi connectivity index (χ0n) is 24.4. The quantitative estimate of drug-likeness (QED) is 0.180. The molecule has 5 rings (SSSR count). The van der Waals surface area contributed by atoms with E-state index >= 15 is 0 Å². The molecule has 0 spiro atoms. The number of hydrogen-bond donors (Lipinski definition) is 3. The number of benzene rings is 3. The van der Waals surface area contributed by atoms with Crippen LogP contribution in [0.15, 0.2) is 70.2 Å². The lowest BCUT2D eigenvalue weighted by molar-refractivity contribution is -0.135. The van der Waals surface area contributed by atoms with Gasteiger partial charge in [-0.2, -0.15) is 0 Å². The number of nitrogens with two attached hydrogens (primary N) is 1. The van der Waals surface area contributed by atoms with Crippen molar-refractivity contribution in [2.75, 3.05) is 6.54 Å². The lowest BCUT2D eigenvalue weighted by Gasteiger charge is -2.27. The summed E-state index contributed by atoms with van der Waals surface area (Å²) in [6.45, 7) is 3.41. The molecule has 0 aliphatic carbocycles. The van der Waals surface area contributed by atoms with Gasteiger partial charge in [0.1, 0.15) is 6.04 Å². The van der Waals surface area contributed by atoms with E-state index in [1.807, 2.05) is 42.5 Å². The molecular formula is C33H35BrClN5O4. The molecule has 44 heavy (non-hydrogen) atoms. The van der Waals surface area contributed by atoms with Crippen molar-refractivity contribution in [1.82, 2.24) is 19.8 Å². The van der Waals surface area contributed by atoms with E-state index in [4.69, 9.17) is 17.3 Å². The Morgan fingerprint density at radius 1 is 1.11 bits per heavy atom.